The molecule has 0 aliphatic heterocycles. The van der Waals surface area contributed by atoms with E-state index in [1.165, 1.54) is 0 Å². The first-order valence-electron chi connectivity index (χ1n) is 11.1. The van der Waals surface area contributed by atoms with E-state index in [2.05, 4.69) is 33.0 Å². The molecule has 1 aromatic carbocycles. The van der Waals surface area contributed by atoms with E-state index in [1.54, 1.807) is 0 Å². The van der Waals surface area contributed by atoms with Gasteiger partial charge < -0.3 is 14.8 Å². The lowest BCUT2D eigenvalue weighted by Crippen LogP contribution is -2.46. The van der Waals surface area contributed by atoms with Crippen molar-refractivity contribution in [2.45, 2.75) is 92.9 Å². The first kappa shape index (κ1) is 23.9. The van der Waals surface area contributed by atoms with E-state index >= 15 is 0 Å². The predicted molar refractivity (Wildman–Crippen MR) is 122 cm³/mol. The zero-order chi connectivity index (χ0) is 22.6. The molecule has 2 amide bonds. The number of hydrogen-bond donors (Lipinski definition) is 1. The maximum Gasteiger partial charge on any atom is 0.243 e. The van der Waals surface area contributed by atoms with Gasteiger partial charge in [-0.2, -0.15) is 0 Å². The molecule has 2 rings (SSSR count). The second-order valence-corrected chi connectivity index (χ2v) is 9.31. The minimum Gasteiger partial charge on any atom is -0.346 e. The van der Waals surface area contributed by atoms with Gasteiger partial charge in [-0.1, -0.05) is 46.8 Å². The first-order valence-corrected chi connectivity index (χ1v) is 11.1. The zero-order valence-electron chi connectivity index (χ0n) is 19.8. The number of amides is 2. The monoisotopic (exact) mass is 414 g/mol. The molecule has 2 aromatic rings. The third-order valence-corrected chi connectivity index (χ3v) is 5.81. The lowest BCUT2D eigenvalue weighted by Gasteiger charge is -2.34. The molecule has 0 saturated carbocycles. The van der Waals surface area contributed by atoms with Gasteiger partial charge in [-0.15, -0.1) is 0 Å². The van der Waals surface area contributed by atoms with E-state index < -0.39 is 5.41 Å². The quantitative estimate of drug-likeness (QED) is 0.682. The number of aromatic nitrogens is 2. The summed E-state index contributed by atoms with van der Waals surface area (Å²) >= 11 is 0. The van der Waals surface area contributed by atoms with Crippen molar-refractivity contribution in [2.24, 2.45) is 5.41 Å². The smallest absolute Gasteiger partial charge is 0.243 e. The van der Waals surface area contributed by atoms with Crippen LogP contribution in [0.15, 0.2) is 24.3 Å². The third kappa shape index (κ3) is 5.21. The van der Waals surface area contributed by atoms with E-state index in [4.69, 9.17) is 4.98 Å². The highest BCUT2D eigenvalue weighted by Crippen LogP contribution is 2.24. The summed E-state index contributed by atoms with van der Waals surface area (Å²) in [5.74, 6) is 0.744. The fourth-order valence-electron chi connectivity index (χ4n) is 3.60. The van der Waals surface area contributed by atoms with Gasteiger partial charge in [-0.3, -0.25) is 9.59 Å². The Kier molecular flexibility index (Phi) is 7.67. The van der Waals surface area contributed by atoms with Crippen LogP contribution < -0.4 is 5.32 Å². The van der Waals surface area contributed by atoms with E-state index in [1.807, 2.05) is 61.4 Å². The maximum atomic E-state index is 13.4. The Morgan fingerprint density at radius 1 is 1.07 bits per heavy atom. The largest absolute Gasteiger partial charge is 0.346 e. The standard InChI is InChI=1S/C24H38N4O2/c1-9-16(3)28(17(4)10-2)21(29)15-27-20-14-12-11-13-19(20)26-22(27)18(5)25-23(30)24(6,7)8/h11-14,16-18H,9-10,15H2,1-8H3,(H,25,30). The molecular formula is C24H38N4O2. The number of carbonyl (C=O) groups excluding carboxylic acids is 2. The summed E-state index contributed by atoms with van der Waals surface area (Å²) in [6.07, 6.45) is 1.82. The molecule has 1 aromatic heterocycles. The number of benzene rings is 1. The Morgan fingerprint density at radius 3 is 2.17 bits per heavy atom. The van der Waals surface area contributed by atoms with E-state index in [0.717, 1.165) is 23.9 Å². The summed E-state index contributed by atoms with van der Waals surface area (Å²) < 4.78 is 1.96. The van der Waals surface area contributed by atoms with E-state index in [9.17, 15) is 9.59 Å². The van der Waals surface area contributed by atoms with E-state index in [-0.39, 0.29) is 36.5 Å². The van der Waals surface area contributed by atoms with Gasteiger partial charge in [0.25, 0.3) is 0 Å². The Hall–Kier alpha value is -2.37. The normalized spacial score (nSPS) is 14.9. The van der Waals surface area contributed by atoms with Crippen LogP contribution in [0.2, 0.25) is 0 Å². The topological polar surface area (TPSA) is 67.2 Å². The highest BCUT2D eigenvalue weighted by molar-refractivity contribution is 5.83. The molecule has 0 fully saturated rings. The van der Waals surface area contributed by atoms with Gasteiger partial charge in [0.1, 0.15) is 12.4 Å². The van der Waals surface area contributed by atoms with Crippen molar-refractivity contribution in [3.63, 3.8) is 0 Å². The third-order valence-electron chi connectivity index (χ3n) is 5.81. The van der Waals surface area contributed by atoms with Gasteiger partial charge in [0, 0.05) is 17.5 Å². The number of carbonyl (C=O) groups is 2. The molecule has 30 heavy (non-hydrogen) atoms. The summed E-state index contributed by atoms with van der Waals surface area (Å²) in [7, 11) is 0. The summed E-state index contributed by atoms with van der Waals surface area (Å²) in [5.41, 5.74) is 1.24. The minimum absolute atomic E-state index is 0.0410. The fourth-order valence-corrected chi connectivity index (χ4v) is 3.60. The van der Waals surface area contributed by atoms with Crippen LogP contribution in [0, 0.1) is 5.41 Å². The van der Waals surface area contributed by atoms with Crippen LogP contribution in [0.1, 0.15) is 80.1 Å². The summed E-state index contributed by atoms with van der Waals surface area (Å²) in [6, 6.07) is 7.85. The Labute approximate surface area is 181 Å². The number of fused-ring (bicyclic) bond motifs is 1. The summed E-state index contributed by atoms with van der Waals surface area (Å²) in [6.45, 7) is 16.2. The van der Waals surface area contributed by atoms with Gasteiger partial charge in [-0.25, -0.2) is 4.98 Å². The molecule has 1 N–H and O–H groups in total. The molecule has 0 aliphatic carbocycles. The number of nitrogens with zero attached hydrogens (tertiary/aromatic N) is 3. The predicted octanol–water partition coefficient (Wildman–Crippen LogP) is 4.69. The van der Waals surface area contributed by atoms with Crippen LogP contribution in [-0.4, -0.2) is 38.3 Å². The van der Waals surface area contributed by atoms with Crippen molar-refractivity contribution in [1.29, 1.82) is 0 Å². The molecule has 0 saturated heterocycles. The number of nitrogens with one attached hydrogen (secondary N) is 1. The molecule has 3 atom stereocenters. The lowest BCUT2D eigenvalue weighted by molar-refractivity contribution is -0.136. The number of imidazole rings is 1. The molecule has 0 spiro atoms. The van der Waals surface area contributed by atoms with Crippen LogP contribution in [0.3, 0.4) is 0 Å². The molecule has 6 nitrogen and oxygen atoms in total. The summed E-state index contributed by atoms with van der Waals surface area (Å²) in [5, 5.41) is 3.06. The highest BCUT2D eigenvalue weighted by Gasteiger charge is 2.28. The second-order valence-electron chi connectivity index (χ2n) is 9.31. The van der Waals surface area contributed by atoms with Gasteiger partial charge in [0.05, 0.1) is 17.1 Å². The van der Waals surface area contributed by atoms with Gasteiger partial charge in [0.15, 0.2) is 0 Å². The Morgan fingerprint density at radius 2 is 1.63 bits per heavy atom. The van der Waals surface area contributed by atoms with Gasteiger partial charge >= 0.3 is 0 Å². The number of para-hydroxylation sites is 2. The SMILES string of the molecule is CCC(C)N(C(=O)Cn1c(C(C)NC(=O)C(C)(C)C)nc2ccccc21)C(C)CC. The van der Waals surface area contributed by atoms with Crippen molar-refractivity contribution >= 4 is 22.8 Å². The van der Waals surface area contributed by atoms with Crippen molar-refractivity contribution in [3.05, 3.63) is 30.1 Å². The fraction of sp³-hybridized carbons (Fsp3) is 0.625. The van der Waals surface area contributed by atoms with Gasteiger partial charge in [0.2, 0.25) is 11.8 Å². The van der Waals surface area contributed by atoms with Crippen LogP contribution in [-0.2, 0) is 16.1 Å². The highest BCUT2D eigenvalue weighted by atomic mass is 16.2. The van der Waals surface area contributed by atoms with Gasteiger partial charge in [-0.05, 0) is 45.7 Å². The van der Waals surface area contributed by atoms with Crippen molar-refractivity contribution < 1.29 is 9.59 Å². The lowest BCUT2D eigenvalue weighted by atomic mass is 9.95. The molecule has 166 valence electrons. The number of rotatable bonds is 8. The molecule has 1 heterocycles. The molecule has 0 aliphatic rings. The van der Waals surface area contributed by atoms with Crippen LogP contribution in [0.4, 0.5) is 0 Å². The molecule has 6 heteroatoms. The zero-order valence-corrected chi connectivity index (χ0v) is 19.8. The minimum atomic E-state index is -0.495. The average Bonchev–Trinajstić information content (AvgIpc) is 3.05. The molecule has 0 radical (unpaired) electrons. The van der Waals surface area contributed by atoms with Crippen LogP contribution >= 0.6 is 0 Å². The summed E-state index contributed by atoms with van der Waals surface area (Å²) in [4.78, 5) is 32.7. The maximum absolute atomic E-state index is 13.4. The van der Waals surface area contributed by atoms with E-state index in [0.29, 0.717) is 5.82 Å². The van der Waals surface area contributed by atoms with Crippen LogP contribution in [0.5, 0.6) is 0 Å². The van der Waals surface area contributed by atoms with Crippen molar-refractivity contribution in [1.82, 2.24) is 19.8 Å². The second kappa shape index (κ2) is 9.63. The van der Waals surface area contributed by atoms with Crippen molar-refractivity contribution in [3.8, 4) is 0 Å². The molecule has 0 bridgehead atoms. The van der Waals surface area contributed by atoms with Crippen LogP contribution in [0.25, 0.3) is 11.0 Å². The van der Waals surface area contributed by atoms with Crippen molar-refractivity contribution in [2.75, 3.05) is 0 Å². The molecule has 3 unspecified atom stereocenters. The average molecular weight is 415 g/mol. The first-order chi connectivity index (χ1) is 14.0. The Balaban J connectivity index is 2.43. The Bertz CT molecular complexity index is 871. The molecular weight excluding hydrogens is 376 g/mol. The number of hydrogen-bond acceptors (Lipinski definition) is 3.